The summed E-state index contributed by atoms with van der Waals surface area (Å²) < 4.78 is 19.5. The fraction of sp³-hybridized carbons (Fsp3) is 0.750. The Labute approximate surface area is 46.4 Å². The topological polar surface area (TPSA) is 35.5 Å². The van der Waals surface area contributed by atoms with Crippen LogP contribution in [0.5, 0.6) is 0 Å². The molecule has 1 unspecified atom stereocenters. The van der Waals surface area contributed by atoms with E-state index in [-0.39, 0.29) is 14.0 Å². The second-order valence-corrected chi connectivity index (χ2v) is 1.09. The molecule has 0 amide bonds. The lowest BCUT2D eigenvalue weighted by Crippen LogP contribution is -1.98. The Balaban J connectivity index is 0.000000490. The third-order valence-corrected chi connectivity index (χ3v) is 0.556. The van der Waals surface area contributed by atoms with Crippen molar-refractivity contribution < 1.29 is 18.7 Å². The van der Waals surface area contributed by atoms with Crippen LogP contribution in [0.25, 0.3) is 0 Å². The highest BCUT2D eigenvalue weighted by atomic mass is 19.1. The quantitative estimate of drug-likeness (QED) is 0.451. The maximum atomic E-state index is 11.6. The first-order valence-electron chi connectivity index (χ1n) is 1.76. The van der Waals surface area contributed by atoms with Crippen molar-refractivity contribution in [2.24, 2.45) is 0 Å². The number of carbonyl (C=O) groups excluding carboxylic acids is 1. The van der Waals surface area contributed by atoms with Crippen molar-refractivity contribution in [1.29, 1.82) is 0 Å². The van der Waals surface area contributed by atoms with E-state index < -0.39 is 12.5 Å². The normalized spacial score (nSPS) is 25.6. The van der Waals surface area contributed by atoms with E-state index in [0.717, 1.165) is 0 Å². The highest BCUT2D eigenvalue weighted by Gasteiger charge is 2.23. The minimum Gasteiger partial charge on any atom is -0.427 e. The van der Waals surface area contributed by atoms with Gasteiger partial charge < -0.3 is 9.47 Å². The zero-order valence-electron chi connectivity index (χ0n) is 3.39. The Morgan fingerprint density at radius 1 is 1.75 bits per heavy atom. The van der Waals surface area contributed by atoms with Crippen LogP contribution >= 0.6 is 0 Å². The second-order valence-electron chi connectivity index (χ2n) is 1.09. The SMILES string of the molecule is C.O=C1OCC(F)O1. The van der Waals surface area contributed by atoms with Gasteiger partial charge in [0.25, 0.3) is 6.36 Å². The Morgan fingerprint density at radius 2 is 2.38 bits per heavy atom. The number of rotatable bonds is 0. The molecule has 0 bridgehead atoms. The van der Waals surface area contributed by atoms with E-state index >= 15 is 0 Å². The second kappa shape index (κ2) is 2.49. The van der Waals surface area contributed by atoms with Crippen LogP contribution in [0, 0.1) is 0 Å². The first-order chi connectivity index (χ1) is 3.29. The summed E-state index contributed by atoms with van der Waals surface area (Å²) in [5.74, 6) is 0. The summed E-state index contributed by atoms with van der Waals surface area (Å²) in [5.41, 5.74) is 0. The molecule has 1 rings (SSSR count). The molecule has 4 heteroatoms. The molecule has 1 aliphatic heterocycles. The molecule has 0 radical (unpaired) electrons. The van der Waals surface area contributed by atoms with Gasteiger partial charge >= 0.3 is 6.16 Å². The van der Waals surface area contributed by atoms with Gasteiger partial charge in [-0.25, -0.2) is 4.79 Å². The van der Waals surface area contributed by atoms with Gasteiger partial charge in [-0.2, -0.15) is 4.39 Å². The van der Waals surface area contributed by atoms with Gasteiger partial charge in [0.05, 0.1) is 0 Å². The summed E-state index contributed by atoms with van der Waals surface area (Å²) >= 11 is 0. The van der Waals surface area contributed by atoms with Crippen molar-refractivity contribution in [1.82, 2.24) is 0 Å². The van der Waals surface area contributed by atoms with Crippen molar-refractivity contribution in [2.45, 2.75) is 13.8 Å². The van der Waals surface area contributed by atoms with Gasteiger partial charge in [-0.05, 0) is 0 Å². The molecule has 3 nitrogen and oxygen atoms in total. The number of cyclic esters (lactones) is 2. The molecule has 0 aliphatic carbocycles. The monoisotopic (exact) mass is 122 g/mol. The van der Waals surface area contributed by atoms with Crippen LogP contribution in [-0.4, -0.2) is 19.1 Å². The van der Waals surface area contributed by atoms with Gasteiger partial charge in [0.15, 0.2) is 6.61 Å². The number of hydrogen-bond donors (Lipinski definition) is 0. The lowest BCUT2D eigenvalue weighted by atomic mass is 10.8. The maximum Gasteiger partial charge on any atom is 0.511 e. The van der Waals surface area contributed by atoms with E-state index in [4.69, 9.17) is 0 Å². The van der Waals surface area contributed by atoms with E-state index in [0.29, 0.717) is 0 Å². The van der Waals surface area contributed by atoms with Gasteiger partial charge in [0.1, 0.15) is 0 Å². The van der Waals surface area contributed by atoms with Crippen LogP contribution < -0.4 is 0 Å². The van der Waals surface area contributed by atoms with E-state index in [2.05, 4.69) is 9.47 Å². The Kier molecular flexibility index (Phi) is 2.24. The third kappa shape index (κ3) is 1.36. The first-order valence-corrected chi connectivity index (χ1v) is 1.76. The summed E-state index contributed by atoms with van der Waals surface area (Å²) in [5, 5.41) is 0. The van der Waals surface area contributed by atoms with Crippen LogP contribution in [-0.2, 0) is 9.47 Å². The summed E-state index contributed by atoms with van der Waals surface area (Å²) in [7, 11) is 0. The van der Waals surface area contributed by atoms with Gasteiger partial charge in [-0.15, -0.1) is 0 Å². The minimum absolute atomic E-state index is 0. The number of alkyl halides is 1. The molecule has 0 N–H and O–H groups in total. The molecular weight excluding hydrogens is 115 g/mol. The number of hydrogen-bond acceptors (Lipinski definition) is 3. The van der Waals surface area contributed by atoms with E-state index in [1.165, 1.54) is 0 Å². The van der Waals surface area contributed by atoms with E-state index in [1.54, 1.807) is 0 Å². The molecule has 0 aromatic heterocycles. The molecule has 1 saturated heterocycles. The van der Waals surface area contributed by atoms with Gasteiger partial charge in [0.2, 0.25) is 0 Å². The zero-order chi connectivity index (χ0) is 5.28. The number of halogens is 1. The van der Waals surface area contributed by atoms with Crippen LogP contribution in [0.3, 0.4) is 0 Å². The number of carbonyl (C=O) groups is 1. The summed E-state index contributed by atoms with van der Waals surface area (Å²) in [6.45, 7) is -0.265. The molecule has 0 aromatic carbocycles. The van der Waals surface area contributed by atoms with Crippen molar-refractivity contribution in [3.05, 3.63) is 0 Å². The summed E-state index contributed by atoms with van der Waals surface area (Å²) in [4.78, 5) is 9.77. The molecule has 1 atom stereocenters. The number of ether oxygens (including phenoxy) is 2. The van der Waals surface area contributed by atoms with Crippen LogP contribution in [0.1, 0.15) is 7.43 Å². The van der Waals surface area contributed by atoms with Crippen molar-refractivity contribution in [3.8, 4) is 0 Å². The van der Waals surface area contributed by atoms with Crippen molar-refractivity contribution >= 4 is 6.16 Å². The molecular formula is C4H7FO3. The molecule has 8 heavy (non-hydrogen) atoms. The standard InChI is InChI=1S/C3H3FO3.CH4/c4-2-1-6-3(5)7-2;/h2H,1H2;1H4. The Hall–Kier alpha value is -0.800. The van der Waals surface area contributed by atoms with E-state index in [9.17, 15) is 9.18 Å². The summed E-state index contributed by atoms with van der Waals surface area (Å²) in [6, 6.07) is 0. The van der Waals surface area contributed by atoms with Gasteiger partial charge in [-0.3, -0.25) is 0 Å². The van der Waals surface area contributed by atoms with Crippen LogP contribution in [0.15, 0.2) is 0 Å². The lowest BCUT2D eigenvalue weighted by molar-refractivity contribution is 0.0573. The third-order valence-electron chi connectivity index (χ3n) is 0.556. The zero-order valence-corrected chi connectivity index (χ0v) is 3.39. The Bertz CT molecular complexity index is 93.3. The molecule has 48 valence electrons. The fourth-order valence-electron chi connectivity index (χ4n) is 0.306. The molecule has 0 aromatic rings. The summed E-state index contributed by atoms with van der Waals surface area (Å²) in [6.07, 6.45) is -2.47. The van der Waals surface area contributed by atoms with Crippen LogP contribution in [0.2, 0.25) is 0 Å². The maximum absolute atomic E-state index is 11.6. The minimum atomic E-state index is -1.55. The lowest BCUT2D eigenvalue weighted by Gasteiger charge is -1.85. The van der Waals surface area contributed by atoms with Gasteiger partial charge in [0, 0.05) is 0 Å². The fourth-order valence-corrected chi connectivity index (χ4v) is 0.306. The molecule has 1 heterocycles. The highest BCUT2D eigenvalue weighted by Crippen LogP contribution is 2.05. The van der Waals surface area contributed by atoms with Gasteiger partial charge in [-0.1, -0.05) is 7.43 Å². The molecule has 1 aliphatic rings. The van der Waals surface area contributed by atoms with Crippen molar-refractivity contribution in [2.75, 3.05) is 6.61 Å². The molecule has 0 saturated carbocycles. The predicted octanol–water partition coefficient (Wildman–Crippen LogP) is 1.08. The van der Waals surface area contributed by atoms with E-state index in [1.807, 2.05) is 0 Å². The van der Waals surface area contributed by atoms with Crippen molar-refractivity contribution in [3.63, 3.8) is 0 Å². The predicted molar refractivity (Wildman–Crippen MR) is 24.1 cm³/mol. The van der Waals surface area contributed by atoms with Crippen LogP contribution in [0.4, 0.5) is 9.18 Å². The highest BCUT2D eigenvalue weighted by molar-refractivity contribution is 5.61. The largest absolute Gasteiger partial charge is 0.511 e. The molecule has 1 fully saturated rings. The smallest absolute Gasteiger partial charge is 0.427 e. The molecule has 0 spiro atoms. The first kappa shape index (κ1) is 7.20. The average molecular weight is 122 g/mol. The Morgan fingerprint density at radius 3 is 2.50 bits per heavy atom. The average Bonchev–Trinajstić information content (AvgIpc) is 1.87.